The van der Waals surface area contributed by atoms with Crippen LogP contribution in [0.25, 0.3) is 0 Å². The Hall–Kier alpha value is -0.260. The summed E-state index contributed by atoms with van der Waals surface area (Å²) < 4.78 is 0. The largest absolute Gasteiger partial charge is 0.100 e. The first kappa shape index (κ1) is 11.7. The molecular weight excluding hydrogens is 144 g/mol. The zero-order chi connectivity index (χ0) is 9.78. The van der Waals surface area contributed by atoms with Gasteiger partial charge in [-0.05, 0) is 24.7 Å². The Morgan fingerprint density at radius 3 is 2.25 bits per heavy atom. The highest BCUT2D eigenvalue weighted by Crippen LogP contribution is 2.35. The molecule has 0 rings (SSSR count). The zero-order valence-electron chi connectivity index (χ0n) is 9.41. The lowest BCUT2D eigenvalue weighted by molar-refractivity contribution is 0.215. The second kappa shape index (κ2) is 4.69. The molecule has 0 aromatic carbocycles. The number of hydrogen-bond donors (Lipinski definition) is 0. The summed E-state index contributed by atoms with van der Waals surface area (Å²) in [6.45, 7) is 15.4. The molecule has 0 amide bonds. The van der Waals surface area contributed by atoms with E-state index in [0.717, 1.165) is 12.3 Å². The maximum Gasteiger partial charge on any atom is -0.0272 e. The van der Waals surface area contributed by atoms with Crippen molar-refractivity contribution in [2.45, 2.75) is 53.9 Å². The fourth-order valence-electron chi connectivity index (χ4n) is 1.78. The van der Waals surface area contributed by atoms with E-state index in [1.54, 1.807) is 0 Å². The number of rotatable bonds is 5. The molecule has 0 saturated heterocycles. The molecule has 0 aliphatic rings. The molecule has 0 aromatic rings. The van der Waals surface area contributed by atoms with Crippen molar-refractivity contribution in [3.63, 3.8) is 0 Å². The molecular formula is C12H24. The van der Waals surface area contributed by atoms with Crippen LogP contribution in [-0.4, -0.2) is 0 Å². The van der Waals surface area contributed by atoms with Gasteiger partial charge in [0.2, 0.25) is 0 Å². The normalized spacial score (nSPS) is 14.4. The third-order valence-corrected chi connectivity index (χ3v) is 2.81. The molecule has 12 heavy (non-hydrogen) atoms. The Morgan fingerprint density at radius 2 is 1.92 bits per heavy atom. The van der Waals surface area contributed by atoms with E-state index in [2.05, 4.69) is 41.2 Å². The summed E-state index contributed by atoms with van der Waals surface area (Å²) in [5.41, 5.74) is 1.74. The van der Waals surface area contributed by atoms with Crippen LogP contribution in [0.15, 0.2) is 12.2 Å². The zero-order valence-corrected chi connectivity index (χ0v) is 9.41. The Labute approximate surface area is 78.1 Å². The summed E-state index contributed by atoms with van der Waals surface area (Å²) in [4.78, 5) is 0. The predicted octanol–water partition coefficient (Wildman–Crippen LogP) is 4.42. The summed E-state index contributed by atoms with van der Waals surface area (Å²) >= 11 is 0. The van der Waals surface area contributed by atoms with Crippen molar-refractivity contribution in [2.75, 3.05) is 0 Å². The molecule has 0 saturated carbocycles. The van der Waals surface area contributed by atoms with Gasteiger partial charge in [0.05, 0.1) is 0 Å². The molecule has 0 spiro atoms. The molecule has 72 valence electrons. The van der Waals surface area contributed by atoms with Crippen molar-refractivity contribution in [3.05, 3.63) is 12.2 Å². The van der Waals surface area contributed by atoms with E-state index in [0.29, 0.717) is 5.41 Å². The highest BCUT2D eigenvalue weighted by atomic mass is 14.3. The van der Waals surface area contributed by atoms with Crippen LogP contribution in [0.3, 0.4) is 0 Å². The van der Waals surface area contributed by atoms with E-state index < -0.39 is 0 Å². The quantitative estimate of drug-likeness (QED) is 0.533. The van der Waals surface area contributed by atoms with Crippen LogP contribution in [-0.2, 0) is 0 Å². The van der Waals surface area contributed by atoms with Gasteiger partial charge < -0.3 is 0 Å². The maximum absolute atomic E-state index is 3.98. The van der Waals surface area contributed by atoms with Gasteiger partial charge in [-0.2, -0.15) is 0 Å². The predicted molar refractivity (Wildman–Crippen MR) is 57.3 cm³/mol. The monoisotopic (exact) mass is 168 g/mol. The maximum atomic E-state index is 3.98. The molecule has 0 N–H and O–H groups in total. The van der Waals surface area contributed by atoms with E-state index in [-0.39, 0.29) is 0 Å². The SMILES string of the molecule is C=C(C)CC(C)(C)C(C)CCC. The molecule has 0 aromatic heterocycles. The first-order chi connectivity index (χ1) is 5.40. The van der Waals surface area contributed by atoms with Gasteiger partial charge in [-0.3, -0.25) is 0 Å². The molecule has 0 nitrogen and oxygen atoms in total. The van der Waals surface area contributed by atoms with Crippen molar-refractivity contribution in [2.24, 2.45) is 11.3 Å². The van der Waals surface area contributed by atoms with E-state index in [1.807, 2.05) is 0 Å². The van der Waals surface area contributed by atoms with Gasteiger partial charge in [0.1, 0.15) is 0 Å². The Morgan fingerprint density at radius 1 is 1.42 bits per heavy atom. The van der Waals surface area contributed by atoms with Gasteiger partial charge in [-0.1, -0.05) is 46.1 Å². The molecule has 0 heterocycles. The van der Waals surface area contributed by atoms with Crippen molar-refractivity contribution < 1.29 is 0 Å². The summed E-state index contributed by atoms with van der Waals surface area (Å²) in [5, 5.41) is 0. The number of allylic oxidation sites excluding steroid dienone is 1. The molecule has 0 bridgehead atoms. The second-order valence-corrected chi connectivity index (χ2v) is 4.81. The van der Waals surface area contributed by atoms with Crippen LogP contribution in [0.2, 0.25) is 0 Å². The summed E-state index contributed by atoms with van der Waals surface area (Å²) in [7, 11) is 0. The standard InChI is InChI=1S/C12H24/c1-7-8-11(4)12(5,6)9-10(2)3/h11H,2,7-9H2,1,3-6H3. The minimum atomic E-state index is 0.432. The minimum Gasteiger partial charge on any atom is -0.100 e. The lowest BCUT2D eigenvalue weighted by atomic mass is 9.74. The van der Waals surface area contributed by atoms with Gasteiger partial charge in [0, 0.05) is 0 Å². The van der Waals surface area contributed by atoms with Crippen LogP contribution in [0.4, 0.5) is 0 Å². The summed E-state index contributed by atoms with van der Waals surface area (Å²) in [6.07, 6.45) is 3.79. The molecule has 0 heteroatoms. The van der Waals surface area contributed by atoms with Crippen LogP contribution in [0.5, 0.6) is 0 Å². The van der Waals surface area contributed by atoms with Crippen LogP contribution < -0.4 is 0 Å². The number of hydrogen-bond acceptors (Lipinski definition) is 0. The molecule has 0 fully saturated rings. The van der Waals surface area contributed by atoms with Crippen molar-refractivity contribution >= 4 is 0 Å². The summed E-state index contributed by atoms with van der Waals surface area (Å²) in [6, 6.07) is 0. The van der Waals surface area contributed by atoms with Crippen LogP contribution >= 0.6 is 0 Å². The lowest BCUT2D eigenvalue weighted by Crippen LogP contribution is -2.21. The smallest absolute Gasteiger partial charge is 0.0272 e. The average Bonchev–Trinajstić information content (AvgIpc) is 1.85. The van der Waals surface area contributed by atoms with Crippen molar-refractivity contribution in [1.82, 2.24) is 0 Å². The molecule has 1 atom stereocenters. The first-order valence-electron chi connectivity index (χ1n) is 5.04. The topological polar surface area (TPSA) is 0 Å². The van der Waals surface area contributed by atoms with Gasteiger partial charge in [-0.15, -0.1) is 6.58 Å². The van der Waals surface area contributed by atoms with E-state index in [4.69, 9.17) is 0 Å². The second-order valence-electron chi connectivity index (χ2n) is 4.81. The molecule has 1 unspecified atom stereocenters. The van der Waals surface area contributed by atoms with Crippen molar-refractivity contribution in [1.29, 1.82) is 0 Å². The fraction of sp³-hybridized carbons (Fsp3) is 0.833. The van der Waals surface area contributed by atoms with Gasteiger partial charge in [0.25, 0.3) is 0 Å². The third-order valence-electron chi connectivity index (χ3n) is 2.81. The highest BCUT2D eigenvalue weighted by Gasteiger charge is 2.24. The third kappa shape index (κ3) is 3.94. The fourth-order valence-corrected chi connectivity index (χ4v) is 1.78. The van der Waals surface area contributed by atoms with Crippen LogP contribution in [0, 0.1) is 11.3 Å². The molecule has 0 aliphatic carbocycles. The Bertz CT molecular complexity index is 142. The van der Waals surface area contributed by atoms with Crippen LogP contribution in [0.1, 0.15) is 53.9 Å². The first-order valence-corrected chi connectivity index (χ1v) is 5.04. The lowest BCUT2D eigenvalue weighted by Gasteiger charge is -2.32. The Balaban J connectivity index is 4.07. The molecule has 0 radical (unpaired) electrons. The Kier molecular flexibility index (Phi) is 4.59. The highest BCUT2D eigenvalue weighted by molar-refractivity contribution is 4.95. The molecule has 0 aliphatic heterocycles. The van der Waals surface area contributed by atoms with E-state index >= 15 is 0 Å². The summed E-state index contributed by atoms with van der Waals surface area (Å²) in [5.74, 6) is 0.805. The van der Waals surface area contributed by atoms with Crippen molar-refractivity contribution in [3.8, 4) is 0 Å². The van der Waals surface area contributed by atoms with E-state index in [9.17, 15) is 0 Å². The van der Waals surface area contributed by atoms with Gasteiger partial charge in [0.15, 0.2) is 0 Å². The van der Waals surface area contributed by atoms with Gasteiger partial charge >= 0.3 is 0 Å². The minimum absolute atomic E-state index is 0.432. The van der Waals surface area contributed by atoms with Gasteiger partial charge in [-0.25, -0.2) is 0 Å². The van der Waals surface area contributed by atoms with E-state index in [1.165, 1.54) is 18.4 Å². The average molecular weight is 168 g/mol.